The topological polar surface area (TPSA) is 169 Å². The molecule has 0 saturated carbocycles. The average Bonchev–Trinajstić information content (AvgIpc) is 3.68. The minimum atomic E-state index is -0.624. The van der Waals surface area contributed by atoms with Gasteiger partial charge in [-0.2, -0.15) is 4.68 Å². The normalized spacial score (nSPS) is 17.1. The Hall–Kier alpha value is -5.04. The first-order chi connectivity index (χ1) is 20.8. The van der Waals surface area contributed by atoms with Gasteiger partial charge in [0.2, 0.25) is 11.8 Å². The number of aromatic nitrogens is 6. The second kappa shape index (κ2) is 13.3. The fourth-order valence-corrected chi connectivity index (χ4v) is 5.04. The van der Waals surface area contributed by atoms with E-state index in [1.165, 1.54) is 24.2 Å². The molecule has 5 rings (SSSR count). The molecule has 4 aromatic rings. The van der Waals surface area contributed by atoms with E-state index in [0.29, 0.717) is 57.6 Å². The lowest BCUT2D eigenvalue weighted by Gasteiger charge is -2.17. The third kappa shape index (κ3) is 7.43. The molecule has 13 nitrogen and oxygen atoms in total. The van der Waals surface area contributed by atoms with Gasteiger partial charge in [0.25, 0.3) is 0 Å². The number of imidazole rings is 1. The summed E-state index contributed by atoms with van der Waals surface area (Å²) in [5, 5.41) is 20.4. The number of hydrogen-bond acceptors (Lipinski definition) is 8. The summed E-state index contributed by atoms with van der Waals surface area (Å²) in [5.74, 6) is 0.222. The van der Waals surface area contributed by atoms with Crippen molar-refractivity contribution in [3.05, 3.63) is 71.4 Å². The minimum absolute atomic E-state index is 0.107. The maximum absolute atomic E-state index is 13.2. The van der Waals surface area contributed by atoms with Crippen molar-refractivity contribution in [1.82, 2.24) is 35.5 Å². The summed E-state index contributed by atoms with van der Waals surface area (Å²) in [6.07, 6.45) is 8.11. The zero-order valence-electron chi connectivity index (χ0n) is 23.5. The highest BCUT2D eigenvalue weighted by atomic mass is 35.5. The van der Waals surface area contributed by atoms with Gasteiger partial charge in [-0.15, -0.1) is 5.10 Å². The molecule has 2 bridgehead atoms. The van der Waals surface area contributed by atoms with Crippen molar-refractivity contribution in [1.29, 1.82) is 0 Å². The molecule has 0 spiro atoms. The van der Waals surface area contributed by atoms with E-state index in [-0.39, 0.29) is 17.7 Å². The Morgan fingerprint density at radius 3 is 2.84 bits per heavy atom. The molecule has 0 saturated heterocycles. The Balaban J connectivity index is 1.41. The molecular formula is C29H30ClN9O4. The molecule has 2 atom stereocenters. The number of ether oxygens (including phenoxy) is 1. The number of carbonyl (C=O) groups excluding carboxylic acids is 3. The summed E-state index contributed by atoms with van der Waals surface area (Å²) in [4.78, 5) is 45.8. The Kier molecular flexibility index (Phi) is 9.11. The van der Waals surface area contributed by atoms with Gasteiger partial charge in [0.05, 0.1) is 30.2 Å². The molecule has 2 aromatic carbocycles. The highest BCUT2D eigenvalue weighted by molar-refractivity contribution is 6.30. The summed E-state index contributed by atoms with van der Waals surface area (Å²) in [6, 6.07) is 9.91. The number of aromatic amines is 1. The van der Waals surface area contributed by atoms with E-state index in [0.717, 1.165) is 12.8 Å². The number of anilines is 2. The molecule has 0 radical (unpaired) electrons. The molecule has 1 unspecified atom stereocenters. The number of halogens is 1. The highest BCUT2D eigenvalue weighted by Gasteiger charge is 2.22. The summed E-state index contributed by atoms with van der Waals surface area (Å²) in [5.41, 5.74) is 3.50. The number of methoxy groups -OCH3 is 1. The second-order valence-electron chi connectivity index (χ2n) is 10.2. The van der Waals surface area contributed by atoms with Crippen LogP contribution in [0.3, 0.4) is 0 Å². The fraction of sp³-hybridized carbons (Fsp3) is 0.276. The molecule has 0 aliphatic carbocycles. The van der Waals surface area contributed by atoms with Gasteiger partial charge in [0.1, 0.15) is 12.2 Å². The Labute approximate surface area is 252 Å². The second-order valence-corrected chi connectivity index (χ2v) is 10.6. The molecule has 43 heavy (non-hydrogen) atoms. The number of tetrazole rings is 1. The van der Waals surface area contributed by atoms with Gasteiger partial charge >= 0.3 is 6.09 Å². The number of carbonyl (C=O) groups is 3. The largest absolute Gasteiger partial charge is 0.453 e. The maximum Gasteiger partial charge on any atom is 0.411 e. The lowest BCUT2D eigenvalue weighted by molar-refractivity contribution is -0.117. The Bertz CT molecular complexity index is 1650. The van der Waals surface area contributed by atoms with Crippen molar-refractivity contribution in [2.45, 2.75) is 38.6 Å². The van der Waals surface area contributed by atoms with Gasteiger partial charge in [0, 0.05) is 40.5 Å². The molecule has 2 aromatic heterocycles. The highest BCUT2D eigenvalue weighted by Crippen LogP contribution is 2.32. The van der Waals surface area contributed by atoms with Crippen LogP contribution in [0.1, 0.15) is 50.0 Å². The van der Waals surface area contributed by atoms with Crippen LogP contribution in [0.25, 0.3) is 23.0 Å². The molecule has 0 fully saturated rings. The van der Waals surface area contributed by atoms with E-state index in [4.69, 9.17) is 16.6 Å². The van der Waals surface area contributed by atoms with E-state index in [2.05, 4.69) is 41.2 Å². The third-order valence-electron chi connectivity index (χ3n) is 6.97. The van der Waals surface area contributed by atoms with E-state index in [1.807, 2.05) is 6.92 Å². The van der Waals surface area contributed by atoms with Crippen molar-refractivity contribution in [3.63, 3.8) is 0 Å². The first-order valence-corrected chi connectivity index (χ1v) is 14.0. The monoisotopic (exact) mass is 603 g/mol. The third-order valence-corrected chi connectivity index (χ3v) is 7.20. The van der Waals surface area contributed by atoms with Crippen LogP contribution in [-0.2, 0) is 14.3 Å². The first-order valence-electron chi connectivity index (χ1n) is 13.6. The number of amides is 3. The molecule has 4 N–H and O–H groups in total. The first kappa shape index (κ1) is 29.5. The van der Waals surface area contributed by atoms with Crippen molar-refractivity contribution in [2.24, 2.45) is 5.92 Å². The minimum Gasteiger partial charge on any atom is -0.453 e. The molecule has 222 valence electrons. The molecule has 1 aliphatic rings. The van der Waals surface area contributed by atoms with Crippen LogP contribution in [0, 0.1) is 5.92 Å². The summed E-state index contributed by atoms with van der Waals surface area (Å²) in [7, 11) is 1.27. The molecule has 3 heterocycles. The van der Waals surface area contributed by atoms with Crippen LogP contribution < -0.4 is 16.0 Å². The number of hydrogen-bond donors (Lipinski definition) is 4. The number of fused-ring (bicyclic) bond motifs is 4. The smallest absolute Gasteiger partial charge is 0.411 e. The predicted molar refractivity (Wildman–Crippen MR) is 160 cm³/mol. The van der Waals surface area contributed by atoms with Crippen molar-refractivity contribution < 1.29 is 19.1 Å². The summed E-state index contributed by atoms with van der Waals surface area (Å²) >= 11 is 6.21. The Morgan fingerprint density at radius 2 is 2.05 bits per heavy atom. The van der Waals surface area contributed by atoms with Crippen molar-refractivity contribution in [2.75, 3.05) is 17.7 Å². The van der Waals surface area contributed by atoms with Crippen LogP contribution in [-0.4, -0.2) is 55.2 Å². The van der Waals surface area contributed by atoms with E-state index >= 15 is 0 Å². The predicted octanol–water partition coefficient (Wildman–Crippen LogP) is 4.90. The lowest BCUT2D eigenvalue weighted by atomic mass is 9.98. The zero-order valence-corrected chi connectivity index (χ0v) is 24.3. The van der Waals surface area contributed by atoms with E-state index < -0.39 is 12.1 Å². The van der Waals surface area contributed by atoms with Gasteiger partial charge in [-0.1, -0.05) is 31.4 Å². The van der Waals surface area contributed by atoms with Crippen LogP contribution in [0.5, 0.6) is 0 Å². The molecule has 3 amide bonds. The van der Waals surface area contributed by atoms with Crippen LogP contribution in [0.4, 0.5) is 16.2 Å². The van der Waals surface area contributed by atoms with Crippen LogP contribution in [0.2, 0.25) is 5.02 Å². The molecular weight excluding hydrogens is 574 g/mol. The standard InChI is InChI=1S/C29H30ClN9O4/c1-17-4-3-5-22(34-26(40)11-6-18-13-19(30)7-10-25(18)39-16-32-37-38-39)28-31-15-24(36-28)21-9-8-20(33-29(42)43-2)14-23(21)35-27(41)12-17/h6-11,13-17,22H,3-5,12H2,1-2H3,(H,31,36)(H,33,42)(H,34,40)(H,35,41)/b11-6+/t17?,22-/m0/s1. The van der Waals surface area contributed by atoms with Gasteiger partial charge in [-0.3, -0.25) is 14.9 Å². The summed E-state index contributed by atoms with van der Waals surface area (Å²) in [6.45, 7) is 2.02. The number of H-pyrrole nitrogens is 1. The number of benzene rings is 2. The van der Waals surface area contributed by atoms with Gasteiger partial charge in [-0.25, -0.2) is 9.78 Å². The van der Waals surface area contributed by atoms with Crippen LogP contribution in [0.15, 0.2) is 55.0 Å². The molecule has 1 aliphatic heterocycles. The number of nitrogens with zero attached hydrogens (tertiary/aromatic N) is 5. The van der Waals surface area contributed by atoms with E-state index in [9.17, 15) is 14.4 Å². The maximum atomic E-state index is 13.2. The lowest BCUT2D eigenvalue weighted by Crippen LogP contribution is -2.28. The summed E-state index contributed by atoms with van der Waals surface area (Å²) < 4.78 is 6.17. The van der Waals surface area contributed by atoms with Gasteiger partial charge < -0.3 is 20.4 Å². The number of nitrogens with one attached hydrogen (secondary N) is 4. The number of rotatable bonds is 5. The van der Waals surface area contributed by atoms with Crippen molar-refractivity contribution in [3.8, 4) is 16.9 Å². The molecule has 14 heteroatoms. The van der Waals surface area contributed by atoms with Gasteiger partial charge in [-0.05, 0) is 65.2 Å². The fourth-order valence-electron chi connectivity index (χ4n) is 4.86. The average molecular weight is 604 g/mol. The van der Waals surface area contributed by atoms with Crippen LogP contribution >= 0.6 is 11.6 Å². The van der Waals surface area contributed by atoms with Crippen molar-refractivity contribution >= 4 is 47.0 Å². The quantitative estimate of drug-likeness (QED) is 0.233. The zero-order chi connectivity index (χ0) is 30.3. The Morgan fingerprint density at radius 1 is 1.19 bits per heavy atom. The van der Waals surface area contributed by atoms with Gasteiger partial charge in [0.15, 0.2) is 0 Å². The SMILES string of the molecule is COC(=O)Nc1ccc2c(c1)NC(=O)CC(C)CCC[C@H](NC(=O)/C=C/c1cc(Cl)ccc1-n1cnnn1)c1nc-2c[nH]1. The van der Waals surface area contributed by atoms with E-state index in [1.54, 1.807) is 48.7 Å².